The number of carbonyl (C=O) groups excluding carboxylic acids is 2. The van der Waals surface area contributed by atoms with Crippen LogP contribution >= 0.6 is 0 Å². The monoisotopic (exact) mass is 325 g/mol. The molecule has 2 aromatic carbocycles. The van der Waals surface area contributed by atoms with Crippen LogP contribution in [-0.4, -0.2) is 17.9 Å². The van der Waals surface area contributed by atoms with E-state index in [9.17, 15) is 9.59 Å². The van der Waals surface area contributed by atoms with Gasteiger partial charge in [0.25, 0.3) is 5.91 Å². The summed E-state index contributed by atoms with van der Waals surface area (Å²) in [6, 6.07) is 14.5. The lowest BCUT2D eigenvalue weighted by Crippen LogP contribution is -2.30. The Morgan fingerprint density at radius 1 is 1.00 bits per heavy atom. The fourth-order valence-corrected chi connectivity index (χ4v) is 2.22. The Labute approximate surface area is 142 Å². The molecule has 0 aliphatic rings. The Morgan fingerprint density at radius 3 is 2.21 bits per heavy atom. The molecule has 2 rings (SSSR count). The molecule has 24 heavy (non-hydrogen) atoms. The summed E-state index contributed by atoms with van der Waals surface area (Å²) in [6.45, 7) is 3.82. The second kappa shape index (κ2) is 8.15. The van der Waals surface area contributed by atoms with Gasteiger partial charge >= 0.3 is 0 Å². The smallest absolute Gasteiger partial charge is 0.251 e. The first-order valence-electron chi connectivity index (χ1n) is 7.99. The van der Waals surface area contributed by atoms with E-state index in [-0.39, 0.29) is 17.9 Å². The number of carbonyl (C=O) groups is 2. The molecular weight excluding hydrogens is 302 g/mol. The zero-order valence-corrected chi connectivity index (χ0v) is 14.0. The van der Waals surface area contributed by atoms with E-state index in [1.54, 1.807) is 24.3 Å². The first kappa shape index (κ1) is 17.5. The van der Waals surface area contributed by atoms with Crippen molar-refractivity contribution in [2.24, 2.45) is 0 Å². The first-order valence-corrected chi connectivity index (χ1v) is 7.99. The molecule has 0 unspecified atom stereocenters. The average Bonchev–Trinajstić information content (AvgIpc) is 2.54. The number of nitrogens with two attached hydrogens (primary N) is 1. The van der Waals surface area contributed by atoms with Crippen LogP contribution in [0.5, 0.6) is 0 Å². The summed E-state index contributed by atoms with van der Waals surface area (Å²) < 4.78 is 0. The number of amides is 2. The van der Waals surface area contributed by atoms with Crippen molar-refractivity contribution < 1.29 is 9.59 Å². The summed E-state index contributed by atoms with van der Waals surface area (Å²) in [5.74, 6) is -0.183. The SMILES string of the molecule is CC(C)NC(=O)c1ccc(NC(=O)CCc2ccc(N)cc2)cc1. The largest absolute Gasteiger partial charge is 0.399 e. The number of aryl methyl sites for hydroxylation is 1. The van der Waals surface area contributed by atoms with Crippen LogP contribution in [-0.2, 0) is 11.2 Å². The summed E-state index contributed by atoms with van der Waals surface area (Å²) in [7, 11) is 0. The van der Waals surface area contributed by atoms with Gasteiger partial charge in [0.2, 0.25) is 5.91 Å². The highest BCUT2D eigenvalue weighted by molar-refractivity contribution is 5.95. The zero-order valence-electron chi connectivity index (χ0n) is 14.0. The van der Waals surface area contributed by atoms with E-state index in [1.807, 2.05) is 38.1 Å². The number of nitrogens with one attached hydrogen (secondary N) is 2. The van der Waals surface area contributed by atoms with Crippen molar-refractivity contribution in [3.05, 3.63) is 59.7 Å². The van der Waals surface area contributed by atoms with E-state index in [1.165, 1.54) is 0 Å². The lowest BCUT2D eigenvalue weighted by Gasteiger charge is -2.09. The second-order valence-corrected chi connectivity index (χ2v) is 6.00. The molecule has 0 radical (unpaired) electrons. The number of nitrogen functional groups attached to an aromatic ring is 1. The molecule has 5 nitrogen and oxygen atoms in total. The molecule has 2 amide bonds. The van der Waals surface area contributed by atoms with Gasteiger partial charge in [-0.1, -0.05) is 12.1 Å². The van der Waals surface area contributed by atoms with E-state index in [2.05, 4.69) is 10.6 Å². The van der Waals surface area contributed by atoms with Gasteiger partial charge in [-0.3, -0.25) is 9.59 Å². The Morgan fingerprint density at radius 2 is 1.62 bits per heavy atom. The zero-order chi connectivity index (χ0) is 17.5. The van der Waals surface area contributed by atoms with Gasteiger partial charge in [0.15, 0.2) is 0 Å². The van der Waals surface area contributed by atoms with E-state index in [0.29, 0.717) is 29.8 Å². The van der Waals surface area contributed by atoms with Gasteiger partial charge in [0.1, 0.15) is 0 Å². The molecule has 4 N–H and O–H groups in total. The van der Waals surface area contributed by atoms with Gasteiger partial charge < -0.3 is 16.4 Å². The molecule has 2 aromatic rings. The predicted molar refractivity (Wildman–Crippen MR) is 96.8 cm³/mol. The van der Waals surface area contributed by atoms with Crippen LogP contribution in [0.25, 0.3) is 0 Å². The maximum absolute atomic E-state index is 12.0. The summed E-state index contributed by atoms with van der Waals surface area (Å²) in [5.41, 5.74) is 8.67. The van der Waals surface area contributed by atoms with Crippen LogP contribution in [0.15, 0.2) is 48.5 Å². The van der Waals surface area contributed by atoms with Crippen molar-refractivity contribution in [2.45, 2.75) is 32.7 Å². The molecule has 0 heterocycles. The van der Waals surface area contributed by atoms with Crippen LogP contribution in [0.3, 0.4) is 0 Å². The number of anilines is 2. The maximum atomic E-state index is 12.0. The first-order chi connectivity index (χ1) is 11.4. The van der Waals surface area contributed by atoms with E-state index in [0.717, 1.165) is 5.56 Å². The summed E-state index contributed by atoms with van der Waals surface area (Å²) >= 11 is 0. The molecule has 0 fully saturated rings. The Bertz CT molecular complexity index is 692. The molecule has 0 bridgehead atoms. The van der Waals surface area contributed by atoms with Crippen molar-refractivity contribution in [1.29, 1.82) is 0 Å². The Kier molecular flexibility index (Phi) is 5.95. The molecule has 126 valence electrons. The fourth-order valence-electron chi connectivity index (χ4n) is 2.22. The molecule has 0 spiro atoms. The summed E-state index contributed by atoms with van der Waals surface area (Å²) in [6.07, 6.45) is 1.04. The highest BCUT2D eigenvalue weighted by atomic mass is 16.2. The molecule has 0 atom stereocenters. The van der Waals surface area contributed by atoms with Gasteiger partial charge in [-0.25, -0.2) is 0 Å². The lowest BCUT2D eigenvalue weighted by molar-refractivity contribution is -0.116. The third-order valence-corrected chi connectivity index (χ3v) is 3.47. The fraction of sp³-hybridized carbons (Fsp3) is 0.263. The average molecular weight is 325 g/mol. The minimum atomic E-state index is -0.119. The van der Waals surface area contributed by atoms with Crippen molar-refractivity contribution in [3.8, 4) is 0 Å². The quantitative estimate of drug-likeness (QED) is 0.714. The van der Waals surface area contributed by atoms with Crippen LogP contribution in [0.4, 0.5) is 11.4 Å². The predicted octanol–water partition coefficient (Wildman–Crippen LogP) is 2.98. The van der Waals surface area contributed by atoms with Gasteiger partial charge in [-0.2, -0.15) is 0 Å². The molecule has 0 saturated heterocycles. The molecule has 0 aliphatic heterocycles. The van der Waals surface area contributed by atoms with Gasteiger partial charge in [0, 0.05) is 29.4 Å². The van der Waals surface area contributed by atoms with Crippen LogP contribution in [0.2, 0.25) is 0 Å². The van der Waals surface area contributed by atoms with Crippen LogP contribution < -0.4 is 16.4 Å². The second-order valence-electron chi connectivity index (χ2n) is 6.00. The number of hydrogen-bond donors (Lipinski definition) is 3. The highest BCUT2D eigenvalue weighted by Gasteiger charge is 2.08. The van der Waals surface area contributed by atoms with Gasteiger partial charge in [0.05, 0.1) is 0 Å². The van der Waals surface area contributed by atoms with E-state index in [4.69, 9.17) is 5.73 Å². The minimum absolute atomic E-state index is 0.0637. The number of benzene rings is 2. The van der Waals surface area contributed by atoms with Crippen LogP contribution in [0.1, 0.15) is 36.2 Å². The Hall–Kier alpha value is -2.82. The number of hydrogen-bond acceptors (Lipinski definition) is 3. The van der Waals surface area contributed by atoms with Gasteiger partial charge in [-0.05, 0) is 62.2 Å². The Balaban J connectivity index is 1.85. The van der Waals surface area contributed by atoms with Crippen molar-refractivity contribution in [2.75, 3.05) is 11.1 Å². The third-order valence-electron chi connectivity index (χ3n) is 3.47. The minimum Gasteiger partial charge on any atom is -0.399 e. The molecule has 0 aliphatic carbocycles. The standard InChI is InChI=1S/C19H23N3O2/c1-13(2)21-19(24)15-6-10-17(11-7-15)22-18(23)12-5-14-3-8-16(20)9-4-14/h3-4,6-11,13H,5,12,20H2,1-2H3,(H,21,24)(H,22,23). The van der Waals surface area contributed by atoms with Crippen molar-refractivity contribution in [1.82, 2.24) is 5.32 Å². The summed E-state index contributed by atoms with van der Waals surface area (Å²) in [4.78, 5) is 23.9. The molecular formula is C19H23N3O2. The van der Waals surface area contributed by atoms with Gasteiger partial charge in [-0.15, -0.1) is 0 Å². The molecule has 5 heteroatoms. The normalized spacial score (nSPS) is 10.5. The van der Waals surface area contributed by atoms with Crippen LogP contribution in [0, 0.1) is 0 Å². The summed E-state index contributed by atoms with van der Waals surface area (Å²) in [5, 5.41) is 5.66. The van der Waals surface area contributed by atoms with E-state index < -0.39 is 0 Å². The molecule has 0 aromatic heterocycles. The lowest BCUT2D eigenvalue weighted by atomic mass is 10.1. The van der Waals surface area contributed by atoms with Crippen molar-refractivity contribution in [3.63, 3.8) is 0 Å². The molecule has 0 saturated carbocycles. The maximum Gasteiger partial charge on any atom is 0.251 e. The van der Waals surface area contributed by atoms with E-state index >= 15 is 0 Å². The highest BCUT2D eigenvalue weighted by Crippen LogP contribution is 2.12. The van der Waals surface area contributed by atoms with Crippen molar-refractivity contribution >= 4 is 23.2 Å². The number of rotatable bonds is 6. The topological polar surface area (TPSA) is 84.2 Å². The third kappa shape index (κ3) is 5.43.